The van der Waals surface area contributed by atoms with Gasteiger partial charge in [-0.15, -0.1) is 0 Å². The number of rotatable bonds is 3. The molecule has 0 radical (unpaired) electrons. The fourth-order valence-corrected chi connectivity index (χ4v) is 2.05. The highest BCUT2D eigenvalue weighted by atomic mass is 79.9. The summed E-state index contributed by atoms with van der Waals surface area (Å²) >= 11 is 8.99. The Kier molecular flexibility index (Phi) is 4.22. The zero-order valence-corrected chi connectivity index (χ0v) is 12.3. The average Bonchev–Trinajstić information content (AvgIpc) is 2.33. The van der Waals surface area contributed by atoms with Crippen LogP contribution in [-0.4, -0.2) is 5.78 Å². The molecule has 0 fully saturated rings. The van der Waals surface area contributed by atoms with E-state index in [2.05, 4.69) is 15.9 Å². The van der Waals surface area contributed by atoms with Crippen molar-refractivity contribution < 1.29 is 13.9 Å². The van der Waals surface area contributed by atoms with E-state index in [9.17, 15) is 9.18 Å². The smallest absolute Gasteiger partial charge is 0.163 e. The van der Waals surface area contributed by atoms with Gasteiger partial charge in [-0.1, -0.05) is 27.5 Å². The molecule has 0 aliphatic heterocycles. The maximum absolute atomic E-state index is 13.1. The summed E-state index contributed by atoms with van der Waals surface area (Å²) in [4.78, 5) is 11.5. The van der Waals surface area contributed by atoms with Gasteiger partial charge in [0.05, 0.1) is 10.6 Å². The lowest BCUT2D eigenvalue weighted by molar-refractivity contribution is 0.101. The number of Topliss-reactive ketones (excluding diaryl/α,β-unsaturated/α-hetero) is 1. The van der Waals surface area contributed by atoms with Crippen LogP contribution in [-0.2, 0) is 0 Å². The second-order valence-electron chi connectivity index (χ2n) is 3.87. The first-order valence-electron chi connectivity index (χ1n) is 5.41. The molecule has 0 saturated carbocycles. The molecule has 5 heteroatoms. The molecule has 98 valence electrons. The lowest BCUT2D eigenvalue weighted by Gasteiger charge is -2.10. The van der Waals surface area contributed by atoms with Crippen molar-refractivity contribution in [3.05, 3.63) is 57.3 Å². The van der Waals surface area contributed by atoms with E-state index in [0.29, 0.717) is 17.1 Å². The predicted octanol–water partition coefficient (Wildman–Crippen LogP) is 5.24. The van der Waals surface area contributed by atoms with Crippen molar-refractivity contribution in [1.29, 1.82) is 0 Å². The standard InChI is InChI=1S/C14H9BrClFO2/c1-8(18)11-4-2-9(15)6-14(11)19-10-3-5-13(17)12(16)7-10/h2-7H,1H3. The molecule has 0 heterocycles. The van der Waals surface area contributed by atoms with Crippen LogP contribution in [0.2, 0.25) is 5.02 Å². The zero-order chi connectivity index (χ0) is 14.0. The van der Waals surface area contributed by atoms with Gasteiger partial charge < -0.3 is 4.74 Å². The van der Waals surface area contributed by atoms with Crippen molar-refractivity contribution in [3.8, 4) is 11.5 Å². The number of hydrogen-bond donors (Lipinski definition) is 0. The van der Waals surface area contributed by atoms with Gasteiger partial charge in [0, 0.05) is 10.5 Å². The Bertz CT molecular complexity index is 643. The van der Waals surface area contributed by atoms with Crippen LogP contribution in [0.1, 0.15) is 17.3 Å². The van der Waals surface area contributed by atoms with Crippen LogP contribution in [0.25, 0.3) is 0 Å². The first-order valence-corrected chi connectivity index (χ1v) is 6.58. The van der Waals surface area contributed by atoms with Gasteiger partial charge in [-0.3, -0.25) is 4.79 Å². The van der Waals surface area contributed by atoms with Crippen LogP contribution in [0.5, 0.6) is 11.5 Å². The predicted molar refractivity (Wildman–Crippen MR) is 75.6 cm³/mol. The molecule has 2 nitrogen and oxygen atoms in total. The molecule has 0 aliphatic carbocycles. The zero-order valence-electron chi connectivity index (χ0n) is 9.91. The molecule has 0 spiro atoms. The van der Waals surface area contributed by atoms with Crippen LogP contribution in [0, 0.1) is 5.82 Å². The number of hydrogen-bond acceptors (Lipinski definition) is 2. The molecule has 2 aromatic carbocycles. The van der Waals surface area contributed by atoms with Crippen LogP contribution >= 0.6 is 27.5 Å². The van der Waals surface area contributed by atoms with Crippen molar-refractivity contribution >= 4 is 33.3 Å². The highest BCUT2D eigenvalue weighted by Crippen LogP contribution is 2.30. The minimum atomic E-state index is -0.518. The number of ketones is 1. The number of ether oxygens (including phenoxy) is 1. The highest BCUT2D eigenvalue weighted by Gasteiger charge is 2.11. The van der Waals surface area contributed by atoms with Crippen LogP contribution in [0.4, 0.5) is 4.39 Å². The molecule has 0 saturated heterocycles. The number of benzene rings is 2. The molecule has 2 rings (SSSR count). The highest BCUT2D eigenvalue weighted by molar-refractivity contribution is 9.10. The van der Waals surface area contributed by atoms with Crippen molar-refractivity contribution in [3.63, 3.8) is 0 Å². The number of carbonyl (C=O) groups is 1. The van der Waals surface area contributed by atoms with E-state index < -0.39 is 5.82 Å². The van der Waals surface area contributed by atoms with Crippen molar-refractivity contribution in [1.82, 2.24) is 0 Å². The molecular weight excluding hydrogens is 335 g/mol. The van der Waals surface area contributed by atoms with E-state index in [1.54, 1.807) is 18.2 Å². The topological polar surface area (TPSA) is 26.3 Å². The molecule has 2 aromatic rings. The summed E-state index contributed by atoms with van der Waals surface area (Å²) in [6.45, 7) is 1.45. The van der Waals surface area contributed by atoms with E-state index in [0.717, 1.165) is 4.47 Å². The molecular formula is C14H9BrClFO2. The van der Waals surface area contributed by atoms with Gasteiger partial charge in [0.2, 0.25) is 0 Å². The molecule has 0 bridgehead atoms. The number of carbonyl (C=O) groups excluding carboxylic acids is 1. The molecule has 19 heavy (non-hydrogen) atoms. The fraction of sp³-hybridized carbons (Fsp3) is 0.0714. The summed E-state index contributed by atoms with van der Waals surface area (Å²) in [5.74, 6) is 0.127. The van der Waals surface area contributed by atoms with Crippen LogP contribution in [0.3, 0.4) is 0 Å². The van der Waals surface area contributed by atoms with E-state index >= 15 is 0 Å². The Morgan fingerprint density at radius 3 is 2.63 bits per heavy atom. The fourth-order valence-electron chi connectivity index (χ4n) is 1.54. The van der Waals surface area contributed by atoms with Crippen molar-refractivity contribution in [2.45, 2.75) is 6.92 Å². The van der Waals surface area contributed by atoms with E-state index in [1.165, 1.54) is 25.1 Å². The lowest BCUT2D eigenvalue weighted by atomic mass is 10.1. The monoisotopic (exact) mass is 342 g/mol. The lowest BCUT2D eigenvalue weighted by Crippen LogP contribution is -1.97. The molecule has 0 amide bonds. The minimum Gasteiger partial charge on any atom is -0.457 e. The van der Waals surface area contributed by atoms with Gasteiger partial charge >= 0.3 is 0 Å². The third-order valence-electron chi connectivity index (χ3n) is 2.44. The second kappa shape index (κ2) is 5.72. The quantitative estimate of drug-likeness (QED) is 0.713. The minimum absolute atomic E-state index is 0.0307. The third kappa shape index (κ3) is 3.33. The summed E-state index contributed by atoms with van der Waals surface area (Å²) in [5, 5.41) is -0.0307. The maximum Gasteiger partial charge on any atom is 0.163 e. The van der Waals surface area contributed by atoms with Gasteiger partial charge in [0.15, 0.2) is 5.78 Å². The summed E-state index contributed by atoms with van der Waals surface area (Å²) < 4.78 is 19.4. The van der Waals surface area contributed by atoms with Gasteiger partial charge in [0.1, 0.15) is 17.3 Å². The summed E-state index contributed by atoms with van der Waals surface area (Å²) in [6.07, 6.45) is 0. The van der Waals surface area contributed by atoms with Gasteiger partial charge in [-0.2, -0.15) is 0 Å². The van der Waals surface area contributed by atoms with Crippen molar-refractivity contribution in [2.24, 2.45) is 0 Å². The number of halogens is 3. The maximum atomic E-state index is 13.1. The summed E-state index contributed by atoms with van der Waals surface area (Å²) in [7, 11) is 0. The molecule has 0 aliphatic rings. The van der Waals surface area contributed by atoms with Gasteiger partial charge in [-0.05, 0) is 37.3 Å². The van der Waals surface area contributed by atoms with Crippen molar-refractivity contribution in [2.75, 3.05) is 0 Å². The first kappa shape index (κ1) is 14.0. The van der Waals surface area contributed by atoms with Gasteiger partial charge in [-0.25, -0.2) is 4.39 Å². The average molecular weight is 344 g/mol. The summed E-state index contributed by atoms with van der Waals surface area (Å²) in [6, 6.07) is 9.11. The van der Waals surface area contributed by atoms with E-state index in [1.807, 2.05) is 0 Å². The van der Waals surface area contributed by atoms with E-state index in [-0.39, 0.29) is 10.8 Å². The summed E-state index contributed by atoms with van der Waals surface area (Å²) in [5.41, 5.74) is 0.448. The molecule has 0 atom stereocenters. The Hall–Kier alpha value is -1.39. The van der Waals surface area contributed by atoms with E-state index in [4.69, 9.17) is 16.3 Å². The first-order chi connectivity index (χ1) is 8.97. The Morgan fingerprint density at radius 2 is 2.00 bits per heavy atom. The molecule has 0 N–H and O–H groups in total. The normalized spacial score (nSPS) is 10.3. The third-order valence-corrected chi connectivity index (χ3v) is 3.22. The largest absolute Gasteiger partial charge is 0.457 e. The SMILES string of the molecule is CC(=O)c1ccc(Br)cc1Oc1ccc(F)c(Cl)c1. The molecule has 0 unspecified atom stereocenters. The Balaban J connectivity index is 2.39. The Labute approximate surface area is 123 Å². The second-order valence-corrected chi connectivity index (χ2v) is 5.20. The van der Waals surface area contributed by atoms with Crippen LogP contribution < -0.4 is 4.74 Å². The Morgan fingerprint density at radius 1 is 1.26 bits per heavy atom. The molecule has 0 aromatic heterocycles. The van der Waals surface area contributed by atoms with Gasteiger partial charge in [0.25, 0.3) is 0 Å². The van der Waals surface area contributed by atoms with Crippen LogP contribution in [0.15, 0.2) is 40.9 Å².